The van der Waals surface area contributed by atoms with Gasteiger partial charge in [0.05, 0.1) is 10.6 Å². The molecule has 1 aliphatic heterocycles. The van der Waals surface area contributed by atoms with Gasteiger partial charge < -0.3 is 4.74 Å². The Morgan fingerprint density at radius 3 is 2.76 bits per heavy atom. The second-order valence-corrected chi connectivity index (χ2v) is 5.22. The lowest BCUT2D eigenvalue weighted by atomic mass is 10.1. The highest BCUT2D eigenvalue weighted by atomic mass is 79.9. The Balaban J connectivity index is 1.95. The van der Waals surface area contributed by atoms with Crippen LogP contribution in [0.15, 0.2) is 22.7 Å². The van der Waals surface area contributed by atoms with Crippen molar-refractivity contribution in [3.05, 3.63) is 34.1 Å². The van der Waals surface area contributed by atoms with E-state index in [1.54, 1.807) is 13.2 Å². The van der Waals surface area contributed by atoms with Crippen molar-refractivity contribution in [3.8, 4) is 0 Å². The van der Waals surface area contributed by atoms with Crippen LogP contribution in [0.5, 0.6) is 0 Å². The minimum absolute atomic E-state index is 0.186. The molecule has 0 spiro atoms. The first-order chi connectivity index (χ1) is 8.20. The summed E-state index contributed by atoms with van der Waals surface area (Å²) in [4.78, 5) is 2.34. The van der Waals surface area contributed by atoms with Gasteiger partial charge in [0.25, 0.3) is 0 Å². The second kappa shape index (κ2) is 5.94. The van der Waals surface area contributed by atoms with Crippen LogP contribution in [-0.2, 0) is 11.3 Å². The van der Waals surface area contributed by atoms with Crippen molar-refractivity contribution in [2.24, 2.45) is 0 Å². The number of hydrogen-bond acceptors (Lipinski definition) is 2. The fourth-order valence-electron chi connectivity index (χ4n) is 2.21. The summed E-state index contributed by atoms with van der Waals surface area (Å²) in [7, 11) is 1.77. The number of piperidine rings is 1. The monoisotopic (exact) mass is 301 g/mol. The van der Waals surface area contributed by atoms with E-state index in [1.165, 1.54) is 6.07 Å². The Morgan fingerprint density at radius 1 is 1.41 bits per heavy atom. The number of methoxy groups -OCH3 is 1. The molecule has 1 aromatic carbocycles. The molecule has 0 aromatic heterocycles. The third-order valence-corrected chi connectivity index (χ3v) is 4.18. The third kappa shape index (κ3) is 3.27. The third-order valence-electron chi connectivity index (χ3n) is 3.29. The lowest BCUT2D eigenvalue weighted by Crippen LogP contribution is -2.36. The molecule has 1 heterocycles. The topological polar surface area (TPSA) is 12.5 Å². The largest absolute Gasteiger partial charge is 0.381 e. The van der Waals surface area contributed by atoms with Gasteiger partial charge in [-0.15, -0.1) is 0 Å². The molecule has 1 aliphatic rings. The molecule has 0 radical (unpaired) electrons. The van der Waals surface area contributed by atoms with Gasteiger partial charge in [-0.25, -0.2) is 4.39 Å². The van der Waals surface area contributed by atoms with Gasteiger partial charge in [-0.3, -0.25) is 4.90 Å². The maximum atomic E-state index is 13.4. The van der Waals surface area contributed by atoms with E-state index in [9.17, 15) is 4.39 Å². The Kier molecular flexibility index (Phi) is 4.54. The highest BCUT2D eigenvalue weighted by molar-refractivity contribution is 9.10. The predicted octanol–water partition coefficient (Wildman–Crippen LogP) is 3.20. The lowest BCUT2D eigenvalue weighted by Gasteiger charge is -2.31. The quantitative estimate of drug-likeness (QED) is 0.850. The predicted molar refractivity (Wildman–Crippen MR) is 69.4 cm³/mol. The number of likely N-dealkylation sites (tertiary alicyclic amines) is 1. The zero-order valence-electron chi connectivity index (χ0n) is 9.96. The van der Waals surface area contributed by atoms with Crippen LogP contribution in [0.25, 0.3) is 0 Å². The molecule has 0 amide bonds. The van der Waals surface area contributed by atoms with Crippen LogP contribution in [0.2, 0.25) is 0 Å². The Bertz CT molecular complexity index is 378. The van der Waals surface area contributed by atoms with Gasteiger partial charge in [-0.2, -0.15) is 0 Å². The summed E-state index contributed by atoms with van der Waals surface area (Å²) in [6.45, 7) is 2.83. The van der Waals surface area contributed by atoms with E-state index in [0.29, 0.717) is 10.6 Å². The van der Waals surface area contributed by atoms with Crippen LogP contribution in [0, 0.1) is 5.82 Å². The molecule has 1 aromatic rings. The molecule has 0 atom stereocenters. The minimum atomic E-state index is -0.186. The first kappa shape index (κ1) is 13.0. The van der Waals surface area contributed by atoms with E-state index in [0.717, 1.165) is 38.0 Å². The zero-order valence-corrected chi connectivity index (χ0v) is 11.5. The van der Waals surface area contributed by atoms with Crippen LogP contribution < -0.4 is 0 Å². The van der Waals surface area contributed by atoms with Gasteiger partial charge in [-0.05, 0) is 40.4 Å². The van der Waals surface area contributed by atoms with Gasteiger partial charge in [-0.1, -0.05) is 12.1 Å². The Hall–Kier alpha value is -0.450. The normalized spacial score (nSPS) is 18.5. The van der Waals surface area contributed by atoms with Crippen LogP contribution >= 0.6 is 15.9 Å². The second-order valence-electron chi connectivity index (χ2n) is 4.42. The van der Waals surface area contributed by atoms with E-state index in [4.69, 9.17) is 4.74 Å². The highest BCUT2D eigenvalue weighted by Gasteiger charge is 2.19. The molecule has 0 N–H and O–H groups in total. The summed E-state index contributed by atoms with van der Waals surface area (Å²) in [5, 5.41) is 0. The average Bonchev–Trinajstić information content (AvgIpc) is 2.36. The van der Waals surface area contributed by atoms with E-state index in [1.807, 2.05) is 6.07 Å². The summed E-state index contributed by atoms with van der Waals surface area (Å²) in [5.41, 5.74) is 1.01. The van der Waals surface area contributed by atoms with E-state index < -0.39 is 0 Å². The Labute approximate surface area is 110 Å². The fraction of sp³-hybridized carbons (Fsp3) is 0.538. The summed E-state index contributed by atoms with van der Waals surface area (Å²) >= 11 is 3.31. The summed E-state index contributed by atoms with van der Waals surface area (Å²) in [6, 6.07) is 5.21. The minimum Gasteiger partial charge on any atom is -0.381 e. The number of halogens is 2. The molecule has 0 saturated carbocycles. The number of hydrogen-bond donors (Lipinski definition) is 0. The van der Waals surface area contributed by atoms with Crippen molar-refractivity contribution in [2.75, 3.05) is 20.2 Å². The van der Waals surface area contributed by atoms with E-state index in [2.05, 4.69) is 20.8 Å². The molecule has 0 aliphatic carbocycles. The SMILES string of the molecule is COC1CCN(Cc2cccc(F)c2Br)CC1. The maximum Gasteiger partial charge on any atom is 0.137 e. The van der Waals surface area contributed by atoms with Gasteiger partial charge in [0, 0.05) is 26.7 Å². The van der Waals surface area contributed by atoms with Gasteiger partial charge in [0.1, 0.15) is 5.82 Å². The summed E-state index contributed by atoms with van der Waals surface area (Å²) < 4.78 is 19.3. The van der Waals surface area contributed by atoms with Gasteiger partial charge in [0.2, 0.25) is 0 Å². The molecule has 0 bridgehead atoms. The molecule has 1 saturated heterocycles. The van der Waals surface area contributed by atoms with Crippen LogP contribution in [0.3, 0.4) is 0 Å². The molecule has 2 rings (SSSR count). The average molecular weight is 302 g/mol. The van der Waals surface area contributed by atoms with Crippen LogP contribution in [-0.4, -0.2) is 31.2 Å². The van der Waals surface area contributed by atoms with Crippen molar-refractivity contribution in [2.45, 2.75) is 25.5 Å². The molecule has 94 valence electrons. The van der Waals surface area contributed by atoms with E-state index >= 15 is 0 Å². The van der Waals surface area contributed by atoms with E-state index in [-0.39, 0.29) is 5.82 Å². The van der Waals surface area contributed by atoms with Crippen molar-refractivity contribution in [1.82, 2.24) is 4.90 Å². The van der Waals surface area contributed by atoms with Crippen LogP contribution in [0.1, 0.15) is 18.4 Å². The van der Waals surface area contributed by atoms with Crippen molar-refractivity contribution >= 4 is 15.9 Å². The molecule has 1 fully saturated rings. The molecular weight excluding hydrogens is 285 g/mol. The molecular formula is C13H17BrFNO. The Morgan fingerprint density at radius 2 is 2.12 bits per heavy atom. The van der Waals surface area contributed by atoms with Crippen molar-refractivity contribution < 1.29 is 9.13 Å². The number of nitrogens with zero attached hydrogens (tertiary/aromatic N) is 1. The van der Waals surface area contributed by atoms with Crippen LogP contribution in [0.4, 0.5) is 4.39 Å². The van der Waals surface area contributed by atoms with Gasteiger partial charge in [0.15, 0.2) is 0 Å². The maximum absolute atomic E-state index is 13.4. The van der Waals surface area contributed by atoms with Gasteiger partial charge >= 0.3 is 0 Å². The molecule has 4 heteroatoms. The number of rotatable bonds is 3. The smallest absolute Gasteiger partial charge is 0.137 e. The number of ether oxygens (including phenoxy) is 1. The molecule has 17 heavy (non-hydrogen) atoms. The van der Waals surface area contributed by atoms with Crippen molar-refractivity contribution in [1.29, 1.82) is 0 Å². The molecule has 2 nitrogen and oxygen atoms in total. The van der Waals surface area contributed by atoms with Crippen molar-refractivity contribution in [3.63, 3.8) is 0 Å². The first-order valence-electron chi connectivity index (χ1n) is 5.88. The first-order valence-corrected chi connectivity index (χ1v) is 6.68. The molecule has 0 unspecified atom stereocenters. The summed E-state index contributed by atoms with van der Waals surface area (Å²) in [5.74, 6) is -0.186. The standard InChI is InChI=1S/C13H17BrFNO/c1-17-11-5-7-16(8-6-11)9-10-3-2-4-12(15)13(10)14/h2-4,11H,5-9H2,1H3. The summed E-state index contributed by atoms with van der Waals surface area (Å²) in [6.07, 6.45) is 2.51. The number of benzene rings is 1. The fourth-order valence-corrected chi connectivity index (χ4v) is 2.60. The lowest BCUT2D eigenvalue weighted by molar-refractivity contribution is 0.0388. The zero-order chi connectivity index (χ0) is 12.3. The highest BCUT2D eigenvalue weighted by Crippen LogP contribution is 2.23.